The van der Waals surface area contributed by atoms with Crippen molar-refractivity contribution in [3.05, 3.63) is 72.8 Å². The Morgan fingerprint density at radius 3 is 2.51 bits per heavy atom. The van der Waals surface area contributed by atoms with Gasteiger partial charge >= 0.3 is 0 Å². The minimum absolute atomic E-state index is 0.0748. The molecule has 3 rings (SSSR count). The molecule has 1 amide bonds. The fraction of sp³-hybridized carbons (Fsp3) is 0.308. The summed E-state index contributed by atoms with van der Waals surface area (Å²) in [5.41, 5.74) is -1.31. The van der Waals surface area contributed by atoms with Gasteiger partial charge in [0.25, 0.3) is 21.7 Å². The van der Waals surface area contributed by atoms with E-state index in [4.69, 9.17) is 8.85 Å². The number of hydrogen-bond acceptors (Lipinski definition) is 6. The van der Waals surface area contributed by atoms with Gasteiger partial charge in [-0.3, -0.25) is 18.9 Å². The van der Waals surface area contributed by atoms with E-state index >= 15 is 0 Å². The number of benzene rings is 2. The zero-order valence-electron chi connectivity index (χ0n) is 24.9. The van der Waals surface area contributed by atoms with E-state index in [0.717, 1.165) is 0 Å². The molecule has 210 valence electrons. The Kier molecular flexibility index (Phi) is 8.25. The molecule has 39 heavy (non-hydrogen) atoms. The molecule has 10 nitrogen and oxygen atoms in total. The van der Waals surface area contributed by atoms with Crippen LogP contribution in [0.25, 0.3) is 0 Å². The molecule has 4 N–H and O–H groups in total. The lowest BCUT2D eigenvalue weighted by atomic mass is 10.1. The van der Waals surface area contributed by atoms with Crippen LogP contribution in [0, 0.1) is 23.2 Å². The van der Waals surface area contributed by atoms with Gasteiger partial charge in [-0.2, -0.15) is 13.1 Å². The van der Waals surface area contributed by atoms with E-state index in [-0.39, 0.29) is 40.5 Å². The number of rotatable bonds is 10. The number of nitrogens with zero attached hydrogens (tertiary/aromatic N) is 1. The number of carbonyl (C=O) groups is 1. The van der Waals surface area contributed by atoms with Crippen LogP contribution in [0.5, 0.6) is 11.5 Å². The number of carbonyl (C=O) groups excluding carboxylic acids is 1. The van der Waals surface area contributed by atoms with Crippen LogP contribution in [0.15, 0.2) is 41.2 Å². The Morgan fingerprint density at radius 2 is 1.90 bits per heavy atom. The van der Waals surface area contributed by atoms with E-state index in [9.17, 15) is 22.4 Å². The van der Waals surface area contributed by atoms with Crippen molar-refractivity contribution in [2.75, 3.05) is 16.6 Å². The highest BCUT2D eigenvalue weighted by atomic mass is 127. The number of amides is 1. The van der Waals surface area contributed by atoms with Crippen molar-refractivity contribution in [3.8, 4) is 11.5 Å². The second-order valence-corrected chi connectivity index (χ2v) is 11.6. The highest BCUT2D eigenvalue weighted by molar-refractivity contribution is 14.1. The molecular weight excluding hydrogens is 640 g/mol. The third-order valence-corrected chi connectivity index (χ3v) is 7.29. The lowest BCUT2D eigenvalue weighted by molar-refractivity contribution is 0.0940. The maximum atomic E-state index is 14.9. The summed E-state index contributed by atoms with van der Waals surface area (Å²) < 4.78 is 75.6. The Bertz CT molecular complexity index is 1680. The molecule has 0 aliphatic heterocycles. The van der Waals surface area contributed by atoms with Crippen LogP contribution in [0.1, 0.15) is 46.4 Å². The maximum Gasteiger partial charge on any atom is 0.299 e. The van der Waals surface area contributed by atoms with Crippen LogP contribution in [0.4, 0.5) is 21.6 Å². The molecule has 3 aromatic rings. The first-order valence-corrected chi connectivity index (χ1v) is 14.4. The van der Waals surface area contributed by atoms with Gasteiger partial charge in [0.1, 0.15) is 22.9 Å². The number of hydrogen-bond donors (Lipinski definition) is 4. The third kappa shape index (κ3) is 7.08. The second-order valence-electron chi connectivity index (χ2n) is 8.83. The number of aromatic nitrogens is 1. The molecule has 0 fully saturated rings. The standard InChI is InChI=1S/C26H31FIN5O5S/c1-7-29-39(36,37)32-19-9-8-10-21(15(19)4)38-23-16(5)26(35)33(6)24(22(23)25(34)30-14(2)3)31-20-12-11-17(28)13-18(20)27/h8-14,29,31-32H,7H2,1-6H3,(H,30,34)/i6D3. The average Bonchev–Trinajstić information content (AvgIpc) is 2.84. The van der Waals surface area contributed by atoms with Gasteiger partial charge in [-0.05, 0) is 80.6 Å². The molecule has 0 radical (unpaired) electrons. The van der Waals surface area contributed by atoms with E-state index < -0.39 is 46.3 Å². The molecule has 0 unspecified atom stereocenters. The minimum Gasteiger partial charge on any atom is -0.456 e. The van der Waals surface area contributed by atoms with E-state index in [1.54, 1.807) is 33.8 Å². The fourth-order valence-electron chi connectivity index (χ4n) is 3.60. The van der Waals surface area contributed by atoms with Gasteiger partial charge in [0.05, 0.1) is 16.9 Å². The van der Waals surface area contributed by atoms with Crippen molar-refractivity contribution in [1.29, 1.82) is 0 Å². The van der Waals surface area contributed by atoms with Crippen molar-refractivity contribution < 1.29 is 26.5 Å². The quantitative estimate of drug-likeness (QED) is 0.231. The Labute approximate surface area is 244 Å². The van der Waals surface area contributed by atoms with Crippen molar-refractivity contribution in [2.24, 2.45) is 6.98 Å². The molecular formula is C26H31FIN5O5S. The van der Waals surface area contributed by atoms with Crippen LogP contribution in [0.3, 0.4) is 0 Å². The molecule has 0 aliphatic rings. The molecule has 0 atom stereocenters. The average molecular weight is 675 g/mol. The predicted octanol–water partition coefficient (Wildman–Crippen LogP) is 4.69. The summed E-state index contributed by atoms with van der Waals surface area (Å²) in [7, 11) is -3.90. The van der Waals surface area contributed by atoms with Crippen molar-refractivity contribution >= 4 is 55.9 Å². The smallest absolute Gasteiger partial charge is 0.299 e. The topological polar surface area (TPSA) is 131 Å². The monoisotopic (exact) mass is 674 g/mol. The van der Waals surface area contributed by atoms with E-state index in [1.807, 2.05) is 22.6 Å². The second kappa shape index (κ2) is 12.3. The van der Waals surface area contributed by atoms with Crippen LogP contribution in [-0.2, 0) is 17.2 Å². The first kappa shape index (κ1) is 26.1. The number of ether oxygens (including phenoxy) is 1. The van der Waals surface area contributed by atoms with Gasteiger partial charge in [0, 0.05) is 32.8 Å². The van der Waals surface area contributed by atoms with Crippen LogP contribution < -0.4 is 30.4 Å². The first-order valence-electron chi connectivity index (χ1n) is 13.3. The molecule has 0 aliphatic carbocycles. The summed E-state index contributed by atoms with van der Waals surface area (Å²) in [5, 5.41) is 5.33. The molecule has 0 spiro atoms. The minimum atomic E-state index is -3.90. The van der Waals surface area contributed by atoms with Gasteiger partial charge in [-0.25, -0.2) is 4.39 Å². The first-order chi connectivity index (χ1) is 19.5. The van der Waals surface area contributed by atoms with Crippen molar-refractivity contribution in [1.82, 2.24) is 14.6 Å². The highest BCUT2D eigenvalue weighted by Crippen LogP contribution is 2.37. The van der Waals surface area contributed by atoms with Gasteiger partial charge in [0.2, 0.25) is 0 Å². The fourth-order valence-corrected chi connectivity index (χ4v) is 5.02. The highest BCUT2D eigenvalue weighted by Gasteiger charge is 2.27. The largest absolute Gasteiger partial charge is 0.456 e. The molecule has 2 aromatic carbocycles. The molecule has 1 heterocycles. The number of anilines is 3. The summed E-state index contributed by atoms with van der Waals surface area (Å²) in [6.45, 7) is 4.92. The van der Waals surface area contributed by atoms with Crippen LogP contribution in [0.2, 0.25) is 0 Å². The van der Waals surface area contributed by atoms with Gasteiger partial charge in [-0.1, -0.05) is 13.0 Å². The zero-order valence-corrected chi connectivity index (χ0v) is 24.9. The molecule has 13 heteroatoms. The summed E-state index contributed by atoms with van der Waals surface area (Å²) in [4.78, 5) is 27.2. The predicted molar refractivity (Wildman–Crippen MR) is 159 cm³/mol. The number of pyridine rings is 1. The van der Waals surface area contributed by atoms with Gasteiger partial charge < -0.3 is 15.4 Å². The Hall–Kier alpha value is -3.17. The maximum absolute atomic E-state index is 14.9. The van der Waals surface area contributed by atoms with Crippen LogP contribution >= 0.6 is 22.6 Å². The number of halogens is 2. The zero-order chi connectivity index (χ0) is 31.6. The Balaban J connectivity index is 2.34. The lowest BCUT2D eigenvalue weighted by Crippen LogP contribution is -2.34. The third-order valence-electron chi connectivity index (χ3n) is 5.46. The summed E-state index contributed by atoms with van der Waals surface area (Å²) in [6, 6.07) is 8.18. The van der Waals surface area contributed by atoms with Crippen LogP contribution in [-0.4, -0.2) is 31.5 Å². The summed E-state index contributed by atoms with van der Waals surface area (Å²) in [6.07, 6.45) is 0. The van der Waals surface area contributed by atoms with E-state index in [2.05, 4.69) is 20.1 Å². The SMILES string of the molecule is [2H]C([2H])([2H])n1c(Nc2ccc(I)cc2F)c(C(=O)NC(C)C)c(Oc2cccc(NS(=O)(=O)NCC)c2C)c(C)c1=O. The lowest BCUT2D eigenvalue weighted by Gasteiger charge is -2.23. The van der Waals surface area contributed by atoms with E-state index in [1.165, 1.54) is 37.3 Å². The molecule has 0 saturated heterocycles. The summed E-state index contributed by atoms with van der Waals surface area (Å²) in [5.74, 6) is -2.27. The Morgan fingerprint density at radius 1 is 1.18 bits per heavy atom. The van der Waals surface area contributed by atoms with E-state index in [0.29, 0.717) is 13.7 Å². The summed E-state index contributed by atoms with van der Waals surface area (Å²) >= 11 is 1.90. The molecule has 0 bridgehead atoms. The van der Waals surface area contributed by atoms with Crippen molar-refractivity contribution in [2.45, 2.75) is 40.7 Å². The molecule has 0 saturated carbocycles. The normalized spacial score (nSPS) is 12.9. The molecule has 1 aromatic heterocycles. The van der Waals surface area contributed by atoms with Crippen molar-refractivity contribution in [3.63, 3.8) is 0 Å². The van der Waals surface area contributed by atoms with Gasteiger partial charge in [0.15, 0.2) is 5.75 Å². The van der Waals surface area contributed by atoms with Gasteiger partial charge in [-0.15, -0.1) is 0 Å². The number of nitrogens with one attached hydrogen (secondary N) is 4.